The fourth-order valence-corrected chi connectivity index (χ4v) is 4.83. The third kappa shape index (κ3) is 6.55. The molecule has 0 heterocycles. The predicted molar refractivity (Wildman–Crippen MR) is 131 cm³/mol. The summed E-state index contributed by atoms with van der Waals surface area (Å²) in [6, 6.07) is 5.98. The fourth-order valence-electron chi connectivity index (χ4n) is 4.83. The van der Waals surface area contributed by atoms with E-state index in [2.05, 4.69) is 55.7 Å². The molecule has 0 spiro atoms. The van der Waals surface area contributed by atoms with Crippen LogP contribution in [0.3, 0.4) is 0 Å². The summed E-state index contributed by atoms with van der Waals surface area (Å²) in [4.78, 5) is 23.8. The maximum absolute atomic E-state index is 12.0. The summed E-state index contributed by atoms with van der Waals surface area (Å²) < 4.78 is 6.26. The molecule has 6 heteroatoms. The molecule has 0 fully saturated rings. The van der Waals surface area contributed by atoms with Crippen LogP contribution in [0.2, 0.25) is 0 Å². The standard InChI is InChI=1S/C27H38N2O4/c1-5-23(6-2)33-25-15-22(27(31)32)14-24(26(25)29-18(4)30)28-16-21-12-11-20(13-17(21)3)19-9-7-8-10-19/h9,11-13,15,23-26,28H,5-8,10,14,16H2,1-4H3,(H,29,30)(H,31,32)/t24-,25+,26+/m0/s1. The van der Waals surface area contributed by atoms with Crippen molar-refractivity contribution in [2.75, 3.05) is 0 Å². The number of carbonyl (C=O) groups is 2. The minimum Gasteiger partial charge on any atom is -0.478 e. The number of nitrogens with one attached hydrogen (secondary N) is 2. The zero-order valence-corrected chi connectivity index (χ0v) is 20.3. The van der Waals surface area contributed by atoms with Crippen LogP contribution in [0.5, 0.6) is 0 Å². The summed E-state index contributed by atoms with van der Waals surface area (Å²) in [5, 5.41) is 16.3. The Hall–Kier alpha value is -2.44. The Balaban J connectivity index is 1.79. The Labute approximate surface area is 197 Å². The molecular formula is C27H38N2O4. The van der Waals surface area contributed by atoms with E-state index in [-0.39, 0.29) is 24.1 Å². The van der Waals surface area contributed by atoms with Crippen LogP contribution in [-0.4, -0.2) is 41.3 Å². The number of aliphatic carboxylic acids is 1. The lowest BCUT2D eigenvalue weighted by molar-refractivity contribution is -0.133. The van der Waals surface area contributed by atoms with Gasteiger partial charge in [-0.15, -0.1) is 0 Å². The van der Waals surface area contributed by atoms with Gasteiger partial charge in [0.05, 0.1) is 18.2 Å². The highest BCUT2D eigenvalue weighted by Crippen LogP contribution is 2.29. The van der Waals surface area contributed by atoms with Gasteiger partial charge < -0.3 is 20.5 Å². The van der Waals surface area contributed by atoms with Crippen LogP contribution < -0.4 is 10.6 Å². The number of allylic oxidation sites excluding steroid dienone is 2. The highest BCUT2D eigenvalue weighted by molar-refractivity contribution is 5.87. The molecule has 0 aliphatic heterocycles. The van der Waals surface area contributed by atoms with Crippen molar-refractivity contribution in [2.45, 2.75) is 97.1 Å². The van der Waals surface area contributed by atoms with Crippen molar-refractivity contribution in [3.8, 4) is 0 Å². The summed E-state index contributed by atoms with van der Waals surface area (Å²) in [6.45, 7) is 8.30. The quantitative estimate of drug-likeness (QED) is 0.484. The molecule has 0 saturated heterocycles. The number of carboxylic acid groups (broad SMARTS) is 1. The summed E-state index contributed by atoms with van der Waals surface area (Å²) in [5.41, 5.74) is 5.41. The second kappa shape index (κ2) is 11.6. The van der Waals surface area contributed by atoms with Gasteiger partial charge in [-0.2, -0.15) is 0 Å². The fraction of sp³-hybridized carbons (Fsp3) is 0.556. The largest absolute Gasteiger partial charge is 0.478 e. The Morgan fingerprint density at radius 1 is 1.24 bits per heavy atom. The molecule has 6 nitrogen and oxygen atoms in total. The summed E-state index contributed by atoms with van der Waals surface area (Å²) in [7, 11) is 0. The van der Waals surface area contributed by atoms with E-state index in [0.717, 1.165) is 25.7 Å². The first-order valence-corrected chi connectivity index (χ1v) is 12.2. The molecule has 1 amide bonds. The van der Waals surface area contributed by atoms with Crippen LogP contribution in [0.25, 0.3) is 5.57 Å². The first-order chi connectivity index (χ1) is 15.8. The highest BCUT2D eigenvalue weighted by atomic mass is 16.5. The highest BCUT2D eigenvalue weighted by Gasteiger charge is 2.37. The molecule has 2 aliphatic rings. The third-order valence-electron chi connectivity index (χ3n) is 6.81. The normalized spacial score (nSPS) is 22.8. The molecule has 0 aromatic heterocycles. The van der Waals surface area contributed by atoms with Crippen molar-refractivity contribution < 1.29 is 19.4 Å². The molecule has 3 atom stereocenters. The van der Waals surface area contributed by atoms with Gasteiger partial charge in [-0.3, -0.25) is 4.79 Å². The van der Waals surface area contributed by atoms with Crippen molar-refractivity contribution >= 4 is 17.4 Å². The van der Waals surface area contributed by atoms with E-state index in [9.17, 15) is 14.7 Å². The number of rotatable bonds is 10. The van der Waals surface area contributed by atoms with Crippen LogP contribution in [0.4, 0.5) is 0 Å². The Morgan fingerprint density at radius 3 is 2.58 bits per heavy atom. The van der Waals surface area contributed by atoms with Crippen LogP contribution in [-0.2, 0) is 20.9 Å². The molecule has 1 aromatic carbocycles. The molecule has 3 rings (SSSR count). The minimum absolute atomic E-state index is 0.0102. The van der Waals surface area contributed by atoms with E-state index in [1.54, 1.807) is 6.08 Å². The number of benzene rings is 1. The van der Waals surface area contributed by atoms with Gasteiger partial charge >= 0.3 is 5.97 Å². The van der Waals surface area contributed by atoms with E-state index in [4.69, 9.17) is 4.74 Å². The van der Waals surface area contributed by atoms with Gasteiger partial charge in [0, 0.05) is 25.1 Å². The van der Waals surface area contributed by atoms with Gasteiger partial charge in [-0.05, 0) is 73.8 Å². The molecule has 0 saturated carbocycles. The first-order valence-electron chi connectivity index (χ1n) is 12.2. The van der Waals surface area contributed by atoms with Crippen LogP contribution >= 0.6 is 0 Å². The smallest absolute Gasteiger partial charge is 0.331 e. The lowest BCUT2D eigenvalue weighted by atomic mass is 9.87. The number of aryl methyl sites for hydroxylation is 1. The van der Waals surface area contributed by atoms with E-state index in [0.29, 0.717) is 18.5 Å². The topological polar surface area (TPSA) is 87.7 Å². The average molecular weight is 455 g/mol. The molecule has 0 radical (unpaired) electrons. The average Bonchev–Trinajstić information content (AvgIpc) is 3.32. The molecule has 2 aliphatic carbocycles. The molecule has 3 N–H and O–H groups in total. The molecule has 180 valence electrons. The second-order valence-electron chi connectivity index (χ2n) is 9.22. The number of carboxylic acids is 1. The zero-order valence-electron chi connectivity index (χ0n) is 20.3. The van der Waals surface area contributed by atoms with E-state index in [1.807, 2.05) is 0 Å². The van der Waals surface area contributed by atoms with Crippen molar-refractivity contribution in [3.05, 3.63) is 52.6 Å². The van der Waals surface area contributed by atoms with Gasteiger partial charge in [0.15, 0.2) is 0 Å². The summed E-state index contributed by atoms with van der Waals surface area (Å²) >= 11 is 0. The van der Waals surface area contributed by atoms with Gasteiger partial charge in [0.1, 0.15) is 0 Å². The zero-order chi connectivity index (χ0) is 24.0. The monoisotopic (exact) mass is 454 g/mol. The van der Waals surface area contributed by atoms with Gasteiger partial charge in [0.25, 0.3) is 0 Å². The van der Waals surface area contributed by atoms with Crippen molar-refractivity contribution in [2.24, 2.45) is 0 Å². The summed E-state index contributed by atoms with van der Waals surface area (Å²) in [5.74, 6) is -1.09. The van der Waals surface area contributed by atoms with Gasteiger partial charge in [-0.25, -0.2) is 4.79 Å². The van der Waals surface area contributed by atoms with Crippen molar-refractivity contribution in [1.82, 2.24) is 10.6 Å². The Bertz CT molecular complexity index is 917. The third-order valence-corrected chi connectivity index (χ3v) is 6.81. The number of carbonyl (C=O) groups excluding carboxylic acids is 1. The molecule has 0 unspecified atom stereocenters. The van der Waals surface area contributed by atoms with E-state index in [1.165, 1.54) is 35.6 Å². The first kappa shape index (κ1) is 25.2. The van der Waals surface area contributed by atoms with E-state index >= 15 is 0 Å². The maximum atomic E-state index is 12.0. The predicted octanol–water partition coefficient (Wildman–Crippen LogP) is 4.51. The lowest BCUT2D eigenvalue weighted by Crippen LogP contribution is -2.58. The van der Waals surface area contributed by atoms with Gasteiger partial charge in [-0.1, -0.05) is 38.1 Å². The molecule has 33 heavy (non-hydrogen) atoms. The minimum atomic E-state index is -0.938. The van der Waals surface area contributed by atoms with Crippen molar-refractivity contribution in [1.29, 1.82) is 0 Å². The number of amides is 1. The van der Waals surface area contributed by atoms with Crippen LogP contribution in [0.1, 0.15) is 76.0 Å². The van der Waals surface area contributed by atoms with Crippen LogP contribution in [0.15, 0.2) is 35.9 Å². The Kier molecular flexibility index (Phi) is 8.87. The number of hydrogen-bond donors (Lipinski definition) is 3. The van der Waals surface area contributed by atoms with Crippen molar-refractivity contribution in [3.63, 3.8) is 0 Å². The molecule has 1 aromatic rings. The number of hydrogen-bond acceptors (Lipinski definition) is 4. The van der Waals surface area contributed by atoms with E-state index < -0.39 is 12.1 Å². The molecule has 0 bridgehead atoms. The van der Waals surface area contributed by atoms with Gasteiger partial charge in [0.2, 0.25) is 5.91 Å². The SMILES string of the molecule is CCC(CC)O[C@@H]1C=C(C(=O)O)C[C@H](NCc2ccc(C3=CCCC3)cc2C)[C@H]1NC(C)=O. The Morgan fingerprint density at radius 2 is 2.00 bits per heavy atom. The number of ether oxygens (including phenoxy) is 1. The molecular weight excluding hydrogens is 416 g/mol. The summed E-state index contributed by atoms with van der Waals surface area (Å²) in [6.07, 6.45) is 9.03. The maximum Gasteiger partial charge on any atom is 0.331 e. The second-order valence-corrected chi connectivity index (χ2v) is 9.22. The van der Waals surface area contributed by atoms with Crippen LogP contribution in [0, 0.1) is 6.92 Å². The lowest BCUT2D eigenvalue weighted by Gasteiger charge is -2.38.